The van der Waals surface area contributed by atoms with E-state index in [0.29, 0.717) is 5.92 Å². The zero-order chi connectivity index (χ0) is 23.4. The van der Waals surface area contributed by atoms with Gasteiger partial charge < -0.3 is 4.43 Å². The van der Waals surface area contributed by atoms with Crippen LogP contribution in [0, 0.1) is 27.4 Å². The zero-order valence-corrected chi connectivity index (χ0v) is 22.1. The Labute approximate surface area is 191 Å². The van der Waals surface area contributed by atoms with Crippen LogP contribution in [0.2, 0.25) is 13.1 Å². The smallest absolute Gasteiger partial charge is 0.273 e. The Morgan fingerprint density at radius 3 is 2.19 bits per heavy atom. The second kappa shape index (κ2) is 10.4. The van der Waals surface area contributed by atoms with Crippen LogP contribution >= 0.6 is 0 Å². The summed E-state index contributed by atoms with van der Waals surface area (Å²) in [4.78, 5) is 11.5. The Hall–Kier alpha value is -1.46. The molecule has 1 aliphatic carbocycles. The van der Waals surface area contributed by atoms with E-state index in [2.05, 4.69) is 46.0 Å². The maximum absolute atomic E-state index is 11.7. The summed E-state index contributed by atoms with van der Waals surface area (Å²) in [5.74, 6) is 0.877. The summed E-state index contributed by atoms with van der Waals surface area (Å²) in [6.07, 6.45) is 11.0. The first-order valence-electron chi connectivity index (χ1n) is 11.9. The first-order valence-corrected chi connectivity index (χ1v) is 14.7. The lowest BCUT2D eigenvalue weighted by Crippen LogP contribution is -2.41. The fourth-order valence-electron chi connectivity index (χ4n) is 4.81. The lowest BCUT2D eigenvalue weighted by Gasteiger charge is -2.42. The molecule has 4 nitrogen and oxygen atoms in total. The van der Waals surface area contributed by atoms with Crippen molar-refractivity contribution in [3.05, 3.63) is 45.5 Å². The van der Waals surface area contributed by atoms with E-state index >= 15 is 0 Å². The van der Waals surface area contributed by atoms with Gasteiger partial charge in [0.1, 0.15) is 0 Å². The van der Waals surface area contributed by atoms with Crippen LogP contribution in [0.1, 0.15) is 84.8 Å². The predicted molar refractivity (Wildman–Crippen MR) is 134 cm³/mol. The molecule has 1 aliphatic rings. The van der Waals surface area contributed by atoms with E-state index < -0.39 is 9.04 Å². The molecule has 2 rings (SSSR count). The zero-order valence-electron chi connectivity index (χ0n) is 20.9. The van der Waals surface area contributed by atoms with E-state index in [4.69, 9.17) is 4.43 Å². The van der Waals surface area contributed by atoms with Crippen molar-refractivity contribution in [3.63, 3.8) is 0 Å². The minimum atomic E-state index is -1.20. The fourth-order valence-corrected chi connectivity index (χ4v) is 5.83. The molecule has 31 heavy (non-hydrogen) atoms. The number of nitro benzene ring substituents is 1. The molecule has 1 aromatic rings. The average molecular weight is 446 g/mol. The Morgan fingerprint density at radius 1 is 1.10 bits per heavy atom. The minimum Gasteiger partial charge on any atom is -0.417 e. The van der Waals surface area contributed by atoms with E-state index in [9.17, 15) is 10.1 Å². The minimum absolute atomic E-state index is 0.0547. The molecule has 0 N–H and O–H groups in total. The molecular weight excluding hydrogens is 402 g/mol. The first-order chi connectivity index (χ1) is 14.3. The Kier molecular flexibility index (Phi) is 8.68. The van der Waals surface area contributed by atoms with Gasteiger partial charge in [-0.2, -0.15) is 0 Å². The lowest BCUT2D eigenvalue weighted by atomic mass is 9.70. The van der Waals surface area contributed by atoms with Crippen molar-refractivity contribution < 1.29 is 9.35 Å². The maximum atomic E-state index is 11.7. The molecule has 2 atom stereocenters. The predicted octanol–water partition coefficient (Wildman–Crippen LogP) is 7.52. The number of benzene rings is 1. The molecular formula is C26H43NO3Si. The summed E-state index contributed by atoms with van der Waals surface area (Å²) >= 11 is 0. The molecule has 0 spiro atoms. The van der Waals surface area contributed by atoms with Gasteiger partial charge >= 0.3 is 0 Å². The third-order valence-electron chi connectivity index (χ3n) is 6.42. The molecule has 1 fully saturated rings. The second-order valence-electron chi connectivity index (χ2n) is 11.6. The van der Waals surface area contributed by atoms with Crippen molar-refractivity contribution >= 4 is 20.8 Å². The fraction of sp³-hybridized carbons (Fsp3) is 0.692. The summed E-state index contributed by atoms with van der Waals surface area (Å²) in [7, 11) is -1.20. The van der Waals surface area contributed by atoms with Gasteiger partial charge in [-0.15, -0.1) is 0 Å². The molecule has 174 valence electrons. The van der Waals surface area contributed by atoms with Crippen molar-refractivity contribution in [1.82, 2.24) is 0 Å². The Bertz CT molecular complexity index is 768. The topological polar surface area (TPSA) is 52.4 Å². The molecule has 0 aromatic heterocycles. The van der Waals surface area contributed by atoms with Gasteiger partial charge in [0.15, 0.2) is 9.04 Å². The summed E-state index contributed by atoms with van der Waals surface area (Å²) in [5, 5.41) is 11.7. The second-order valence-corrected chi connectivity index (χ2v) is 14.0. The summed E-state index contributed by atoms with van der Waals surface area (Å²) in [5.41, 5.74) is 1.66. The van der Waals surface area contributed by atoms with Crippen LogP contribution < -0.4 is 0 Å². The van der Waals surface area contributed by atoms with Crippen molar-refractivity contribution in [3.8, 4) is 0 Å². The molecule has 0 radical (unpaired) electrons. The highest BCUT2D eigenvalue weighted by atomic mass is 28.3. The first kappa shape index (κ1) is 25.8. The molecule has 1 saturated carbocycles. The number of nitro groups is 1. The third-order valence-corrected chi connectivity index (χ3v) is 7.28. The van der Waals surface area contributed by atoms with Gasteiger partial charge in [0, 0.05) is 17.5 Å². The van der Waals surface area contributed by atoms with Gasteiger partial charge in [0.2, 0.25) is 0 Å². The van der Waals surface area contributed by atoms with Crippen LogP contribution in [0.3, 0.4) is 0 Å². The number of hydrogen-bond acceptors (Lipinski definition) is 3. The number of rotatable bonds is 7. The van der Waals surface area contributed by atoms with E-state index in [-0.39, 0.29) is 33.5 Å². The van der Waals surface area contributed by atoms with E-state index in [1.165, 1.54) is 32.1 Å². The van der Waals surface area contributed by atoms with Crippen LogP contribution in [-0.2, 0) is 9.84 Å². The highest BCUT2D eigenvalue weighted by molar-refractivity contribution is 6.48. The largest absolute Gasteiger partial charge is 0.417 e. The summed E-state index contributed by atoms with van der Waals surface area (Å²) in [6, 6.07) is 5.65. The van der Waals surface area contributed by atoms with Gasteiger partial charge in [-0.25, -0.2) is 0 Å². The van der Waals surface area contributed by atoms with Crippen LogP contribution in [0.5, 0.6) is 0 Å². The highest BCUT2D eigenvalue weighted by Crippen LogP contribution is 2.40. The number of nitrogens with zero attached hydrogens (tertiary/aromatic N) is 1. The van der Waals surface area contributed by atoms with Crippen molar-refractivity contribution in [2.24, 2.45) is 17.3 Å². The Balaban J connectivity index is 2.41. The monoisotopic (exact) mass is 445 g/mol. The number of hydrogen-bond donors (Lipinski definition) is 0. The highest BCUT2D eigenvalue weighted by Gasteiger charge is 2.37. The summed E-state index contributed by atoms with van der Waals surface area (Å²) in [6.45, 7) is 17.4. The van der Waals surface area contributed by atoms with E-state index in [1.807, 2.05) is 32.9 Å². The van der Waals surface area contributed by atoms with Crippen LogP contribution in [0.4, 0.5) is 5.69 Å². The van der Waals surface area contributed by atoms with Gasteiger partial charge in [0.25, 0.3) is 5.69 Å². The quantitative estimate of drug-likeness (QED) is 0.248. The van der Waals surface area contributed by atoms with Crippen molar-refractivity contribution in [2.75, 3.05) is 0 Å². The molecule has 5 heteroatoms. The van der Waals surface area contributed by atoms with Gasteiger partial charge in [-0.1, -0.05) is 85.1 Å². The summed E-state index contributed by atoms with van der Waals surface area (Å²) < 4.78 is 6.67. The lowest BCUT2D eigenvalue weighted by molar-refractivity contribution is -0.386. The third kappa shape index (κ3) is 7.28. The Morgan fingerprint density at radius 2 is 1.71 bits per heavy atom. The van der Waals surface area contributed by atoms with Crippen LogP contribution in [-0.4, -0.2) is 20.1 Å². The van der Waals surface area contributed by atoms with Crippen molar-refractivity contribution in [1.29, 1.82) is 0 Å². The van der Waals surface area contributed by atoms with Gasteiger partial charge in [-0.3, -0.25) is 10.1 Å². The van der Waals surface area contributed by atoms with Gasteiger partial charge in [0.05, 0.1) is 11.0 Å². The van der Waals surface area contributed by atoms with Crippen LogP contribution in [0.15, 0.2) is 24.3 Å². The maximum Gasteiger partial charge on any atom is 0.273 e. The molecule has 1 aromatic carbocycles. The molecule has 0 amide bonds. The molecule has 0 bridgehead atoms. The molecule has 0 aliphatic heterocycles. The standard InChI is InChI=1S/C26H43NO3Si/c1-25(2,3)21-16-14-19(18-23(21)27(28)29)15-17-22(26(4,5)6)24(30-31(7)8)20-12-10-9-11-13-20/h14-18,20,22,24,31H,9-13H2,1-8H3/t22-,24?/m1/s1. The average Bonchev–Trinajstić information content (AvgIpc) is 2.65. The normalized spacial score (nSPS) is 18.5. The molecule has 0 saturated heterocycles. The molecule has 1 unspecified atom stereocenters. The SMILES string of the molecule is C[SiH](C)OC(C1CCCCC1)[C@@H](C=Cc1ccc(C(C)(C)C)c([N+](=O)[O-])c1)C(C)(C)C. The van der Waals surface area contributed by atoms with E-state index in [0.717, 1.165) is 11.1 Å². The van der Waals surface area contributed by atoms with Gasteiger partial charge in [-0.05, 0) is 48.2 Å². The van der Waals surface area contributed by atoms with Crippen LogP contribution in [0.25, 0.3) is 6.08 Å². The van der Waals surface area contributed by atoms with E-state index in [1.54, 1.807) is 6.07 Å². The molecule has 0 heterocycles. The van der Waals surface area contributed by atoms with Crippen molar-refractivity contribution in [2.45, 2.75) is 98.3 Å².